The van der Waals surface area contributed by atoms with Crippen molar-refractivity contribution < 1.29 is 17.4 Å². The maximum Gasteiger partial charge on any atom is 0.297 e. The number of ketones is 1. The van der Waals surface area contributed by atoms with Crippen LogP contribution in [0.25, 0.3) is 0 Å². The fraction of sp³-hybridized carbons (Fsp3) is 0.462. The second kappa shape index (κ2) is 5.63. The SMILES string of the molecule is Cc1ccc(S(=O)(=O)OC(C)C(=O)C(C)C)cc1. The molecule has 0 aliphatic rings. The Morgan fingerprint density at radius 1 is 1.11 bits per heavy atom. The van der Waals surface area contributed by atoms with Crippen molar-refractivity contribution in [3.05, 3.63) is 29.8 Å². The van der Waals surface area contributed by atoms with Gasteiger partial charge in [0.15, 0.2) is 5.78 Å². The monoisotopic (exact) mass is 270 g/mol. The molecule has 0 spiro atoms. The normalized spacial score (nSPS) is 13.6. The molecule has 18 heavy (non-hydrogen) atoms. The lowest BCUT2D eigenvalue weighted by molar-refractivity contribution is -0.127. The lowest BCUT2D eigenvalue weighted by atomic mass is 10.1. The van der Waals surface area contributed by atoms with Gasteiger partial charge in [0.25, 0.3) is 10.1 Å². The second-order valence-electron chi connectivity index (χ2n) is 4.56. The molecule has 0 aliphatic carbocycles. The van der Waals surface area contributed by atoms with Crippen LogP contribution < -0.4 is 0 Å². The van der Waals surface area contributed by atoms with Crippen LogP contribution in [0.5, 0.6) is 0 Å². The number of carbonyl (C=O) groups excluding carboxylic acids is 1. The molecule has 0 saturated carbocycles. The third-order valence-corrected chi connectivity index (χ3v) is 3.94. The van der Waals surface area contributed by atoms with Crippen molar-refractivity contribution in [2.24, 2.45) is 5.92 Å². The summed E-state index contributed by atoms with van der Waals surface area (Å²) in [6, 6.07) is 6.31. The second-order valence-corrected chi connectivity index (χ2v) is 6.13. The van der Waals surface area contributed by atoms with Gasteiger partial charge in [0.2, 0.25) is 0 Å². The average molecular weight is 270 g/mol. The number of hydrogen-bond acceptors (Lipinski definition) is 4. The average Bonchev–Trinajstić information content (AvgIpc) is 2.27. The van der Waals surface area contributed by atoms with E-state index in [9.17, 15) is 13.2 Å². The molecule has 0 aromatic heterocycles. The largest absolute Gasteiger partial charge is 0.297 e. The van der Waals surface area contributed by atoms with Gasteiger partial charge in [-0.25, -0.2) is 0 Å². The van der Waals surface area contributed by atoms with Gasteiger partial charge in [0.1, 0.15) is 6.10 Å². The van der Waals surface area contributed by atoms with Crippen molar-refractivity contribution in [3.8, 4) is 0 Å². The van der Waals surface area contributed by atoms with Crippen LogP contribution in [0.4, 0.5) is 0 Å². The van der Waals surface area contributed by atoms with Crippen molar-refractivity contribution in [2.45, 2.75) is 38.7 Å². The Morgan fingerprint density at radius 2 is 1.61 bits per heavy atom. The summed E-state index contributed by atoms with van der Waals surface area (Å²) in [6.07, 6.45) is -0.962. The van der Waals surface area contributed by atoms with Gasteiger partial charge in [-0.2, -0.15) is 8.42 Å². The molecule has 0 aliphatic heterocycles. The van der Waals surface area contributed by atoms with Crippen LogP contribution in [0.3, 0.4) is 0 Å². The summed E-state index contributed by atoms with van der Waals surface area (Å²) in [7, 11) is -3.88. The fourth-order valence-electron chi connectivity index (χ4n) is 1.47. The van der Waals surface area contributed by atoms with E-state index < -0.39 is 16.2 Å². The van der Waals surface area contributed by atoms with Gasteiger partial charge in [-0.1, -0.05) is 31.5 Å². The van der Waals surface area contributed by atoms with Gasteiger partial charge >= 0.3 is 0 Å². The molecule has 1 aromatic rings. The Labute approximate surface area is 108 Å². The van der Waals surface area contributed by atoms with E-state index in [0.717, 1.165) is 5.56 Å². The molecule has 0 amide bonds. The molecule has 0 N–H and O–H groups in total. The molecule has 1 aromatic carbocycles. The first kappa shape index (κ1) is 14.9. The first-order valence-electron chi connectivity index (χ1n) is 5.77. The standard InChI is InChI=1S/C13H18O4S/c1-9(2)13(14)11(4)17-18(15,16)12-7-5-10(3)6-8-12/h5-9,11H,1-4H3. The van der Waals surface area contributed by atoms with Crippen LogP contribution in [-0.4, -0.2) is 20.3 Å². The Bertz CT molecular complexity index is 514. The van der Waals surface area contributed by atoms with Gasteiger partial charge < -0.3 is 0 Å². The zero-order valence-electron chi connectivity index (χ0n) is 11.0. The fourth-order valence-corrected chi connectivity index (χ4v) is 2.52. The highest BCUT2D eigenvalue weighted by molar-refractivity contribution is 7.86. The highest BCUT2D eigenvalue weighted by Crippen LogP contribution is 2.16. The van der Waals surface area contributed by atoms with Gasteiger partial charge in [-0.05, 0) is 26.0 Å². The van der Waals surface area contributed by atoms with Crippen LogP contribution in [-0.2, 0) is 19.1 Å². The van der Waals surface area contributed by atoms with Crippen molar-refractivity contribution in [3.63, 3.8) is 0 Å². The van der Waals surface area contributed by atoms with E-state index in [0.29, 0.717) is 0 Å². The Morgan fingerprint density at radius 3 is 2.06 bits per heavy atom. The molecule has 1 unspecified atom stereocenters. The van der Waals surface area contributed by atoms with E-state index >= 15 is 0 Å². The van der Waals surface area contributed by atoms with E-state index in [2.05, 4.69) is 0 Å². The minimum absolute atomic E-state index is 0.0662. The summed E-state index contributed by atoms with van der Waals surface area (Å²) in [5, 5.41) is 0. The lowest BCUT2D eigenvalue weighted by Crippen LogP contribution is -2.27. The van der Waals surface area contributed by atoms with Crippen molar-refractivity contribution in [1.29, 1.82) is 0 Å². The van der Waals surface area contributed by atoms with Crippen LogP contribution in [0, 0.1) is 12.8 Å². The van der Waals surface area contributed by atoms with Gasteiger partial charge in [0.05, 0.1) is 4.90 Å². The molecule has 100 valence electrons. The minimum Gasteiger partial charge on any atom is -0.296 e. The summed E-state index contributed by atoms with van der Waals surface area (Å²) in [5.74, 6) is -0.487. The third-order valence-electron chi connectivity index (χ3n) is 2.55. The zero-order chi connectivity index (χ0) is 13.9. The van der Waals surface area contributed by atoms with Crippen LogP contribution >= 0.6 is 0 Å². The minimum atomic E-state index is -3.88. The van der Waals surface area contributed by atoms with Gasteiger partial charge in [-0.15, -0.1) is 0 Å². The molecular formula is C13H18O4S. The van der Waals surface area contributed by atoms with Crippen LogP contribution in [0.15, 0.2) is 29.2 Å². The van der Waals surface area contributed by atoms with Crippen molar-refractivity contribution in [2.75, 3.05) is 0 Å². The molecule has 0 radical (unpaired) electrons. The number of benzene rings is 1. The van der Waals surface area contributed by atoms with E-state index in [1.807, 2.05) is 6.92 Å². The Kier molecular flexibility index (Phi) is 4.65. The summed E-state index contributed by atoms with van der Waals surface area (Å²) in [5.41, 5.74) is 0.959. The van der Waals surface area contributed by atoms with Crippen LogP contribution in [0.2, 0.25) is 0 Å². The first-order valence-corrected chi connectivity index (χ1v) is 7.18. The first-order chi connectivity index (χ1) is 8.24. The number of rotatable bonds is 5. The number of aryl methyl sites for hydroxylation is 1. The molecule has 5 heteroatoms. The number of carbonyl (C=O) groups is 1. The lowest BCUT2D eigenvalue weighted by Gasteiger charge is -2.14. The van der Waals surface area contributed by atoms with E-state index in [-0.39, 0.29) is 16.6 Å². The Balaban J connectivity index is 2.89. The van der Waals surface area contributed by atoms with E-state index in [1.54, 1.807) is 26.0 Å². The smallest absolute Gasteiger partial charge is 0.296 e. The molecule has 0 bridgehead atoms. The van der Waals surface area contributed by atoms with Crippen molar-refractivity contribution in [1.82, 2.24) is 0 Å². The highest BCUT2D eigenvalue weighted by atomic mass is 32.2. The molecule has 0 saturated heterocycles. The molecule has 4 nitrogen and oxygen atoms in total. The summed E-state index contributed by atoms with van der Waals surface area (Å²) >= 11 is 0. The maximum absolute atomic E-state index is 11.9. The van der Waals surface area contributed by atoms with E-state index in [1.165, 1.54) is 19.1 Å². The third kappa shape index (κ3) is 3.65. The quantitative estimate of drug-likeness (QED) is 0.770. The van der Waals surface area contributed by atoms with E-state index in [4.69, 9.17) is 4.18 Å². The highest BCUT2D eigenvalue weighted by Gasteiger charge is 2.25. The molecule has 1 atom stereocenters. The Hall–Kier alpha value is -1.20. The number of Topliss-reactive ketones (excluding diaryl/α,β-unsaturated/α-hetero) is 1. The zero-order valence-corrected chi connectivity index (χ0v) is 11.8. The molecule has 1 rings (SSSR count). The summed E-state index contributed by atoms with van der Waals surface area (Å²) < 4.78 is 28.7. The predicted molar refractivity (Wildman–Crippen MR) is 68.8 cm³/mol. The van der Waals surface area contributed by atoms with Gasteiger partial charge in [0, 0.05) is 5.92 Å². The molecular weight excluding hydrogens is 252 g/mol. The van der Waals surface area contributed by atoms with Crippen molar-refractivity contribution >= 4 is 15.9 Å². The number of hydrogen-bond donors (Lipinski definition) is 0. The predicted octanol–water partition coefficient (Wildman–Crippen LogP) is 2.31. The summed E-state index contributed by atoms with van der Waals surface area (Å²) in [6.45, 7) is 6.73. The molecule has 0 heterocycles. The molecule has 0 fully saturated rings. The maximum atomic E-state index is 11.9. The van der Waals surface area contributed by atoms with Gasteiger partial charge in [-0.3, -0.25) is 8.98 Å². The summed E-state index contributed by atoms with van der Waals surface area (Å²) in [4.78, 5) is 11.7. The topological polar surface area (TPSA) is 60.4 Å². The van der Waals surface area contributed by atoms with Crippen LogP contribution in [0.1, 0.15) is 26.3 Å².